The zero-order chi connectivity index (χ0) is 18.4. The number of thiophene rings is 1. The average molecular weight is 369 g/mol. The molecule has 0 bridgehead atoms. The van der Waals surface area contributed by atoms with Crippen LogP contribution in [0.1, 0.15) is 26.4 Å². The highest BCUT2D eigenvalue weighted by Crippen LogP contribution is 2.33. The van der Waals surface area contributed by atoms with Crippen LogP contribution >= 0.6 is 11.3 Å². The van der Waals surface area contributed by atoms with Gasteiger partial charge in [0, 0.05) is 11.2 Å². The predicted octanol–water partition coefficient (Wildman–Crippen LogP) is 3.54. The number of fused-ring (bicyclic) bond motifs is 1. The Morgan fingerprint density at radius 1 is 1.12 bits per heavy atom. The molecule has 4 nitrogen and oxygen atoms in total. The summed E-state index contributed by atoms with van der Waals surface area (Å²) >= 11 is 1.53. The van der Waals surface area contributed by atoms with Gasteiger partial charge in [0.1, 0.15) is 0 Å². The zero-order valence-corrected chi connectivity index (χ0v) is 15.6. The summed E-state index contributed by atoms with van der Waals surface area (Å²) in [7, 11) is 0. The van der Waals surface area contributed by atoms with Crippen molar-refractivity contribution < 1.29 is 14.6 Å². The lowest BCUT2D eigenvalue weighted by molar-refractivity contribution is 0.0840. The molecule has 3 aromatic rings. The molecule has 1 heterocycles. The van der Waals surface area contributed by atoms with Crippen LogP contribution in [0.5, 0.6) is 0 Å². The topological polar surface area (TPSA) is 58.6 Å². The van der Waals surface area contributed by atoms with Gasteiger partial charge in [0.15, 0.2) is 0 Å². The number of aliphatic hydroxyl groups excluding tert-OH is 1. The van der Waals surface area contributed by atoms with Crippen LogP contribution in [0.25, 0.3) is 10.1 Å². The van der Waals surface area contributed by atoms with Crippen molar-refractivity contribution in [1.82, 2.24) is 5.32 Å². The molecule has 0 unspecified atom stereocenters. The van der Waals surface area contributed by atoms with Crippen LogP contribution in [-0.4, -0.2) is 37.4 Å². The highest BCUT2D eigenvalue weighted by Gasteiger charge is 2.18. The summed E-state index contributed by atoms with van der Waals surface area (Å²) in [6.45, 7) is 3.17. The molecule has 2 N–H and O–H groups in total. The lowest BCUT2D eigenvalue weighted by Gasteiger charge is -2.08. The molecule has 1 aromatic heterocycles. The van der Waals surface area contributed by atoms with E-state index in [1.807, 2.05) is 12.1 Å². The Balaban J connectivity index is 1.82. The normalized spacial score (nSPS) is 11.0. The molecule has 0 aliphatic rings. The van der Waals surface area contributed by atoms with E-state index in [2.05, 4.69) is 48.6 Å². The standard InChI is InChI=1S/C21H23NO3S/c1-15-6-8-16(9-7-15)14-18-17-4-2-3-5-19(17)26-20(18)21(24)22-10-12-25-13-11-23/h2-9,23H,10-14H2,1H3,(H,22,24). The molecular weight excluding hydrogens is 346 g/mol. The van der Waals surface area contributed by atoms with Crippen LogP contribution < -0.4 is 5.32 Å². The van der Waals surface area contributed by atoms with Crippen LogP contribution in [-0.2, 0) is 11.2 Å². The van der Waals surface area contributed by atoms with Crippen LogP contribution in [0, 0.1) is 6.92 Å². The van der Waals surface area contributed by atoms with Gasteiger partial charge >= 0.3 is 0 Å². The third-order valence-electron chi connectivity index (χ3n) is 4.17. The third-order valence-corrected chi connectivity index (χ3v) is 5.39. The maximum absolute atomic E-state index is 12.7. The van der Waals surface area contributed by atoms with Crippen molar-refractivity contribution in [3.05, 3.63) is 70.1 Å². The van der Waals surface area contributed by atoms with E-state index >= 15 is 0 Å². The Morgan fingerprint density at radius 3 is 2.65 bits per heavy atom. The fourth-order valence-corrected chi connectivity index (χ4v) is 3.99. The first-order valence-electron chi connectivity index (χ1n) is 8.72. The zero-order valence-electron chi connectivity index (χ0n) is 14.8. The molecule has 0 atom stereocenters. The van der Waals surface area contributed by atoms with Crippen molar-refractivity contribution in [3.8, 4) is 0 Å². The molecule has 3 rings (SSSR count). The summed E-state index contributed by atoms with van der Waals surface area (Å²) in [5.74, 6) is -0.0686. The number of benzene rings is 2. The minimum atomic E-state index is -0.0686. The molecule has 0 radical (unpaired) electrons. The molecule has 0 saturated carbocycles. The van der Waals surface area contributed by atoms with Crippen LogP contribution in [0.4, 0.5) is 0 Å². The summed E-state index contributed by atoms with van der Waals surface area (Å²) in [5.41, 5.74) is 3.49. The summed E-state index contributed by atoms with van der Waals surface area (Å²) < 4.78 is 6.33. The third kappa shape index (κ3) is 4.49. The van der Waals surface area contributed by atoms with E-state index in [4.69, 9.17) is 9.84 Å². The van der Waals surface area contributed by atoms with E-state index in [1.165, 1.54) is 22.5 Å². The number of amides is 1. The van der Waals surface area contributed by atoms with E-state index < -0.39 is 0 Å². The number of aryl methyl sites for hydroxylation is 1. The second kappa shape index (κ2) is 8.94. The van der Waals surface area contributed by atoms with Crippen molar-refractivity contribution in [1.29, 1.82) is 0 Å². The highest BCUT2D eigenvalue weighted by molar-refractivity contribution is 7.21. The van der Waals surface area contributed by atoms with Crippen molar-refractivity contribution in [2.75, 3.05) is 26.4 Å². The Labute approximate surface area is 157 Å². The van der Waals surface area contributed by atoms with Gasteiger partial charge in [0.05, 0.1) is 24.7 Å². The Bertz CT molecular complexity index is 871. The van der Waals surface area contributed by atoms with Crippen molar-refractivity contribution in [3.63, 3.8) is 0 Å². The number of hydrogen-bond donors (Lipinski definition) is 2. The molecule has 136 valence electrons. The van der Waals surface area contributed by atoms with E-state index in [9.17, 15) is 4.79 Å². The molecule has 0 saturated heterocycles. The smallest absolute Gasteiger partial charge is 0.261 e. The predicted molar refractivity (Wildman–Crippen MR) is 106 cm³/mol. The number of ether oxygens (including phenoxy) is 1. The molecule has 0 aliphatic carbocycles. The maximum atomic E-state index is 12.7. The Hall–Kier alpha value is -2.21. The van der Waals surface area contributed by atoms with Gasteiger partial charge in [-0.1, -0.05) is 48.0 Å². The fourth-order valence-electron chi connectivity index (χ4n) is 2.85. The second-order valence-electron chi connectivity index (χ2n) is 6.16. The van der Waals surface area contributed by atoms with Crippen LogP contribution in [0.3, 0.4) is 0 Å². The van der Waals surface area contributed by atoms with Crippen molar-refractivity contribution in [2.45, 2.75) is 13.3 Å². The molecule has 2 aromatic carbocycles. The van der Waals surface area contributed by atoms with Crippen molar-refractivity contribution >= 4 is 27.3 Å². The van der Waals surface area contributed by atoms with Gasteiger partial charge in [-0.2, -0.15) is 0 Å². The molecule has 0 spiro atoms. The number of carbonyl (C=O) groups excluding carboxylic acids is 1. The van der Waals surface area contributed by atoms with Gasteiger partial charge in [-0.25, -0.2) is 0 Å². The van der Waals surface area contributed by atoms with Crippen molar-refractivity contribution in [2.24, 2.45) is 0 Å². The summed E-state index contributed by atoms with van der Waals surface area (Å²) in [6.07, 6.45) is 0.730. The van der Waals surface area contributed by atoms with E-state index in [1.54, 1.807) is 0 Å². The maximum Gasteiger partial charge on any atom is 0.261 e. The Morgan fingerprint density at radius 2 is 1.88 bits per heavy atom. The fraction of sp³-hybridized carbons (Fsp3) is 0.286. The summed E-state index contributed by atoms with van der Waals surface area (Å²) in [5, 5.41) is 12.8. The van der Waals surface area contributed by atoms with Crippen LogP contribution in [0.2, 0.25) is 0 Å². The highest BCUT2D eigenvalue weighted by atomic mass is 32.1. The number of nitrogens with one attached hydrogen (secondary N) is 1. The monoisotopic (exact) mass is 369 g/mol. The van der Waals surface area contributed by atoms with Gasteiger partial charge in [-0.3, -0.25) is 4.79 Å². The minimum Gasteiger partial charge on any atom is -0.394 e. The first kappa shape index (κ1) is 18.6. The first-order valence-corrected chi connectivity index (χ1v) is 9.53. The molecule has 26 heavy (non-hydrogen) atoms. The molecular formula is C21H23NO3S. The number of rotatable bonds is 8. The van der Waals surface area contributed by atoms with Gasteiger partial charge in [0.25, 0.3) is 5.91 Å². The van der Waals surface area contributed by atoms with E-state index in [0.29, 0.717) is 13.2 Å². The average Bonchev–Trinajstić information content (AvgIpc) is 3.02. The lowest BCUT2D eigenvalue weighted by atomic mass is 10.0. The number of hydrogen-bond acceptors (Lipinski definition) is 4. The summed E-state index contributed by atoms with van der Waals surface area (Å²) in [6, 6.07) is 16.6. The molecule has 0 aliphatic heterocycles. The first-order chi connectivity index (χ1) is 12.7. The second-order valence-corrected chi connectivity index (χ2v) is 7.21. The van der Waals surface area contributed by atoms with Gasteiger partial charge in [0.2, 0.25) is 0 Å². The molecule has 1 amide bonds. The van der Waals surface area contributed by atoms with E-state index in [0.717, 1.165) is 26.9 Å². The summed E-state index contributed by atoms with van der Waals surface area (Å²) in [4.78, 5) is 13.5. The quantitative estimate of drug-likeness (QED) is 0.597. The number of carbonyl (C=O) groups is 1. The SMILES string of the molecule is Cc1ccc(Cc2c(C(=O)NCCOCCO)sc3ccccc23)cc1. The van der Waals surface area contributed by atoms with Gasteiger partial charge < -0.3 is 15.2 Å². The van der Waals surface area contributed by atoms with E-state index in [-0.39, 0.29) is 19.1 Å². The lowest BCUT2D eigenvalue weighted by Crippen LogP contribution is -2.27. The molecule has 5 heteroatoms. The van der Waals surface area contributed by atoms with Gasteiger partial charge in [-0.05, 0) is 35.9 Å². The Kier molecular flexibility index (Phi) is 6.39. The minimum absolute atomic E-state index is 0.00897. The molecule has 0 fully saturated rings. The van der Waals surface area contributed by atoms with Crippen LogP contribution in [0.15, 0.2) is 48.5 Å². The largest absolute Gasteiger partial charge is 0.394 e. The van der Waals surface area contributed by atoms with Gasteiger partial charge in [-0.15, -0.1) is 11.3 Å². The number of aliphatic hydroxyl groups is 1.